The maximum absolute atomic E-state index is 12.7. The number of carbonyl (C=O) groups is 1. The third kappa shape index (κ3) is 3.83. The van der Waals surface area contributed by atoms with E-state index in [0.717, 1.165) is 42.7 Å². The molecule has 1 aliphatic heterocycles. The molecule has 7 heteroatoms. The summed E-state index contributed by atoms with van der Waals surface area (Å²) in [6, 6.07) is 10.2. The molecule has 0 bridgehead atoms. The number of anilines is 1. The van der Waals surface area contributed by atoms with Gasteiger partial charge < -0.3 is 14.7 Å². The number of nitrogens with zero attached hydrogens (tertiary/aromatic N) is 4. The number of aromatic nitrogens is 3. The minimum atomic E-state index is -0.0463. The van der Waals surface area contributed by atoms with E-state index < -0.39 is 0 Å². The van der Waals surface area contributed by atoms with E-state index >= 15 is 0 Å². The van der Waals surface area contributed by atoms with E-state index in [2.05, 4.69) is 37.5 Å². The minimum Gasteiger partial charge on any atom is -0.355 e. The average Bonchev–Trinajstić information content (AvgIpc) is 3.08. The zero-order valence-electron chi connectivity index (χ0n) is 16.3. The Labute approximate surface area is 164 Å². The molecule has 1 amide bonds. The van der Waals surface area contributed by atoms with Crippen LogP contribution >= 0.6 is 0 Å². The van der Waals surface area contributed by atoms with Crippen LogP contribution in [0.3, 0.4) is 0 Å². The molecule has 0 unspecified atom stereocenters. The number of nitrogens with one attached hydrogen (secondary N) is 1. The summed E-state index contributed by atoms with van der Waals surface area (Å²) in [5.41, 5.74) is 2.52. The molecule has 3 aromatic rings. The first-order chi connectivity index (χ1) is 13.6. The van der Waals surface area contributed by atoms with E-state index in [0.29, 0.717) is 24.6 Å². The van der Waals surface area contributed by atoms with Gasteiger partial charge in [0.2, 0.25) is 5.91 Å². The molecule has 0 aliphatic carbocycles. The van der Waals surface area contributed by atoms with Gasteiger partial charge in [0.1, 0.15) is 17.0 Å². The molecule has 3 heterocycles. The highest BCUT2D eigenvalue weighted by molar-refractivity contribution is 5.88. The summed E-state index contributed by atoms with van der Waals surface area (Å²) in [5, 5.41) is 7.97. The van der Waals surface area contributed by atoms with Crippen LogP contribution < -0.4 is 10.2 Å². The second-order valence-corrected chi connectivity index (χ2v) is 7.35. The second-order valence-electron chi connectivity index (χ2n) is 7.35. The van der Waals surface area contributed by atoms with Crippen molar-refractivity contribution in [2.45, 2.75) is 33.1 Å². The third-order valence-corrected chi connectivity index (χ3v) is 5.25. The molecule has 1 saturated heterocycles. The van der Waals surface area contributed by atoms with E-state index in [1.807, 2.05) is 32.0 Å². The molecular weight excluding hydrogens is 354 g/mol. The number of aryl methyl sites for hydroxylation is 2. The van der Waals surface area contributed by atoms with Gasteiger partial charge in [-0.05, 0) is 38.7 Å². The maximum atomic E-state index is 12.7. The normalized spacial score (nSPS) is 17.1. The van der Waals surface area contributed by atoms with Gasteiger partial charge in [-0.25, -0.2) is 4.98 Å². The Morgan fingerprint density at radius 2 is 2.07 bits per heavy atom. The minimum absolute atomic E-state index is 0.0463. The van der Waals surface area contributed by atoms with Crippen molar-refractivity contribution in [3.8, 4) is 0 Å². The van der Waals surface area contributed by atoms with E-state index in [9.17, 15) is 4.79 Å². The molecule has 2 aromatic heterocycles. The largest absolute Gasteiger partial charge is 0.355 e. The van der Waals surface area contributed by atoms with Crippen LogP contribution in [-0.4, -0.2) is 40.7 Å². The number of hydrogen-bond acceptors (Lipinski definition) is 6. The van der Waals surface area contributed by atoms with Gasteiger partial charge in [-0.1, -0.05) is 35.5 Å². The molecule has 4 rings (SSSR count). The first-order valence-electron chi connectivity index (χ1n) is 9.79. The zero-order valence-corrected chi connectivity index (χ0v) is 16.3. The fourth-order valence-electron chi connectivity index (χ4n) is 3.80. The standard InChI is InChI=1S/C21H25N5O2/c1-14-18-19(23-15(2)24-21(18)28-25-14)26-12-6-9-17(13-26)20(27)22-11-10-16-7-4-3-5-8-16/h3-5,7-8,17H,6,9-13H2,1-2H3,(H,22,27)/t17-/m0/s1. The van der Waals surface area contributed by atoms with E-state index in [1.165, 1.54) is 5.56 Å². The van der Waals surface area contributed by atoms with Crippen molar-refractivity contribution in [2.24, 2.45) is 5.92 Å². The predicted octanol–water partition coefficient (Wildman–Crippen LogP) is 2.81. The molecule has 1 aromatic carbocycles. The lowest BCUT2D eigenvalue weighted by atomic mass is 9.96. The summed E-state index contributed by atoms with van der Waals surface area (Å²) in [6.45, 7) is 5.91. The Morgan fingerprint density at radius 1 is 1.25 bits per heavy atom. The van der Waals surface area contributed by atoms with E-state index in [4.69, 9.17) is 4.52 Å². The van der Waals surface area contributed by atoms with Gasteiger partial charge in [0.25, 0.3) is 5.71 Å². The quantitative estimate of drug-likeness (QED) is 0.734. The lowest BCUT2D eigenvalue weighted by molar-refractivity contribution is -0.125. The Kier molecular flexibility index (Phi) is 5.23. The number of fused-ring (bicyclic) bond motifs is 1. The first-order valence-corrected chi connectivity index (χ1v) is 9.79. The van der Waals surface area contributed by atoms with Crippen molar-refractivity contribution in [2.75, 3.05) is 24.5 Å². The first kappa shape index (κ1) is 18.4. The van der Waals surface area contributed by atoms with Gasteiger partial charge in [0, 0.05) is 19.6 Å². The number of benzene rings is 1. The molecule has 1 N–H and O–H groups in total. The molecular formula is C21H25N5O2. The van der Waals surface area contributed by atoms with E-state index in [-0.39, 0.29) is 11.8 Å². The molecule has 1 fully saturated rings. The SMILES string of the molecule is Cc1nc(N2CCC[C@H](C(=O)NCCc3ccccc3)C2)c2c(C)noc2n1. The Bertz CT molecular complexity index is 970. The van der Waals surface area contributed by atoms with Crippen molar-refractivity contribution in [3.05, 3.63) is 47.4 Å². The summed E-state index contributed by atoms with van der Waals surface area (Å²) in [6.07, 6.45) is 2.68. The topological polar surface area (TPSA) is 84.2 Å². The number of hydrogen-bond donors (Lipinski definition) is 1. The Morgan fingerprint density at radius 3 is 2.89 bits per heavy atom. The molecule has 0 spiro atoms. The lowest BCUT2D eigenvalue weighted by Crippen LogP contribution is -2.44. The van der Waals surface area contributed by atoms with Crippen LogP contribution in [0.5, 0.6) is 0 Å². The number of piperidine rings is 1. The van der Waals surface area contributed by atoms with Crippen LogP contribution in [0.1, 0.15) is 29.9 Å². The van der Waals surface area contributed by atoms with Crippen molar-refractivity contribution in [1.29, 1.82) is 0 Å². The summed E-state index contributed by atoms with van der Waals surface area (Å²) < 4.78 is 5.32. The highest BCUT2D eigenvalue weighted by Crippen LogP contribution is 2.30. The summed E-state index contributed by atoms with van der Waals surface area (Å²) in [4.78, 5) is 23.8. The number of carbonyl (C=O) groups excluding carboxylic acids is 1. The van der Waals surface area contributed by atoms with Gasteiger partial charge in [0.15, 0.2) is 0 Å². The molecule has 0 saturated carbocycles. The summed E-state index contributed by atoms with van der Waals surface area (Å²) >= 11 is 0. The Hall–Kier alpha value is -2.96. The fourth-order valence-corrected chi connectivity index (χ4v) is 3.80. The molecule has 146 valence electrons. The van der Waals surface area contributed by atoms with Crippen molar-refractivity contribution >= 4 is 22.8 Å². The molecule has 0 radical (unpaired) electrons. The molecule has 28 heavy (non-hydrogen) atoms. The van der Waals surface area contributed by atoms with Crippen molar-refractivity contribution < 1.29 is 9.32 Å². The molecule has 1 atom stereocenters. The Balaban J connectivity index is 1.43. The second kappa shape index (κ2) is 7.96. The van der Waals surface area contributed by atoms with E-state index in [1.54, 1.807) is 0 Å². The smallest absolute Gasteiger partial charge is 0.263 e. The van der Waals surface area contributed by atoms with Crippen LogP contribution in [0.15, 0.2) is 34.9 Å². The van der Waals surface area contributed by atoms with Crippen LogP contribution in [0.2, 0.25) is 0 Å². The monoisotopic (exact) mass is 379 g/mol. The highest BCUT2D eigenvalue weighted by Gasteiger charge is 2.28. The van der Waals surface area contributed by atoms with Gasteiger partial charge >= 0.3 is 0 Å². The van der Waals surface area contributed by atoms with Crippen LogP contribution in [0.25, 0.3) is 11.1 Å². The molecule has 1 aliphatic rings. The van der Waals surface area contributed by atoms with Crippen LogP contribution in [-0.2, 0) is 11.2 Å². The molecule has 7 nitrogen and oxygen atoms in total. The highest BCUT2D eigenvalue weighted by atomic mass is 16.5. The van der Waals surface area contributed by atoms with Crippen LogP contribution in [0, 0.1) is 19.8 Å². The van der Waals surface area contributed by atoms with Gasteiger partial charge in [0.05, 0.1) is 11.6 Å². The van der Waals surface area contributed by atoms with Crippen LogP contribution in [0.4, 0.5) is 5.82 Å². The maximum Gasteiger partial charge on any atom is 0.263 e. The number of amides is 1. The van der Waals surface area contributed by atoms with Gasteiger partial charge in [-0.3, -0.25) is 4.79 Å². The third-order valence-electron chi connectivity index (χ3n) is 5.25. The zero-order chi connectivity index (χ0) is 19.5. The van der Waals surface area contributed by atoms with Crippen molar-refractivity contribution in [3.63, 3.8) is 0 Å². The number of rotatable bonds is 5. The average molecular weight is 379 g/mol. The summed E-state index contributed by atoms with van der Waals surface area (Å²) in [7, 11) is 0. The fraction of sp³-hybridized carbons (Fsp3) is 0.429. The van der Waals surface area contributed by atoms with Gasteiger partial charge in [-0.2, -0.15) is 4.98 Å². The van der Waals surface area contributed by atoms with Gasteiger partial charge in [-0.15, -0.1) is 0 Å². The predicted molar refractivity (Wildman–Crippen MR) is 107 cm³/mol. The van der Waals surface area contributed by atoms with Crippen molar-refractivity contribution in [1.82, 2.24) is 20.4 Å². The lowest BCUT2D eigenvalue weighted by Gasteiger charge is -2.33. The summed E-state index contributed by atoms with van der Waals surface area (Å²) in [5.74, 6) is 1.54.